The number of hydrogen-bond acceptors (Lipinski definition) is 3. The van der Waals surface area contributed by atoms with Crippen LogP contribution in [-0.2, 0) is 7.05 Å². The molecular weight excluding hydrogens is 309 g/mol. The van der Waals surface area contributed by atoms with Gasteiger partial charge in [0.2, 0.25) is 0 Å². The van der Waals surface area contributed by atoms with E-state index >= 15 is 0 Å². The molecule has 0 saturated carbocycles. The van der Waals surface area contributed by atoms with Gasteiger partial charge in [-0.15, -0.1) is 0 Å². The van der Waals surface area contributed by atoms with E-state index < -0.39 is 0 Å². The highest BCUT2D eigenvalue weighted by atomic mass is 35.5. The Bertz CT molecular complexity index is 613. The molecule has 0 saturated heterocycles. The maximum absolute atomic E-state index is 6.37. The third kappa shape index (κ3) is 3.51. The normalized spacial score (nSPS) is 12.4. The van der Waals surface area contributed by atoms with Gasteiger partial charge in [-0.05, 0) is 36.7 Å². The van der Waals surface area contributed by atoms with E-state index in [2.05, 4.69) is 17.3 Å². The predicted molar refractivity (Wildman–Crippen MR) is 86.4 cm³/mol. The van der Waals surface area contributed by atoms with Crippen molar-refractivity contribution in [2.24, 2.45) is 7.05 Å². The Morgan fingerprint density at radius 1 is 1.38 bits per heavy atom. The zero-order chi connectivity index (χ0) is 15.4. The number of halogens is 2. The Kier molecular flexibility index (Phi) is 5.51. The third-order valence-corrected chi connectivity index (χ3v) is 3.89. The zero-order valence-corrected chi connectivity index (χ0v) is 13.9. The van der Waals surface area contributed by atoms with Crippen LogP contribution in [0.4, 0.5) is 0 Å². The summed E-state index contributed by atoms with van der Waals surface area (Å²) in [4.78, 5) is 0. The largest absolute Gasteiger partial charge is 0.493 e. The van der Waals surface area contributed by atoms with Crippen LogP contribution in [-0.4, -0.2) is 23.4 Å². The number of nitrogens with one attached hydrogen (secondary N) is 1. The van der Waals surface area contributed by atoms with Crippen LogP contribution in [0.2, 0.25) is 10.0 Å². The second-order valence-corrected chi connectivity index (χ2v) is 5.62. The molecule has 0 aliphatic heterocycles. The minimum absolute atomic E-state index is 0.126. The van der Waals surface area contributed by atoms with Gasteiger partial charge in [-0.3, -0.25) is 4.68 Å². The summed E-state index contributed by atoms with van der Waals surface area (Å²) in [5.74, 6) is 0.724. The molecule has 0 aliphatic rings. The molecule has 1 atom stereocenters. The monoisotopic (exact) mass is 327 g/mol. The molecule has 4 nitrogen and oxygen atoms in total. The lowest BCUT2D eigenvalue weighted by molar-refractivity contribution is 0.400. The lowest BCUT2D eigenvalue weighted by Gasteiger charge is -2.22. The molecule has 0 amide bonds. The molecular formula is C15H19Cl2N3O. The van der Waals surface area contributed by atoms with Gasteiger partial charge in [-0.25, -0.2) is 0 Å². The van der Waals surface area contributed by atoms with Crippen molar-refractivity contribution < 1.29 is 4.74 Å². The maximum Gasteiger partial charge on any atom is 0.161 e. The Labute approximate surface area is 135 Å². The van der Waals surface area contributed by atoms with Gasteiger partial charge in [-0.1, -0.05) is 30.1 Å². The van der Waals surface area contributed by atoms with Crippen LogP contribution < -0.4 is 10.1 Å². The van der Waals surface area contributed by atoms with Gasteiger partial charge in [0.1, 0.15) is 5.69 Å². The smallest absolute Gasteiger partial charge is 0.161 e. The molecule has 2 aromatic rings. The SMILES string of the molecule is CCCNC(c1cc(Cl)ccc1Cl)c1c(OC)cnn1C. The van der Waals surface area contributed by atoms with Crippen molar-refractivity contribution in [3.63, 3.8) is 0 Å². The first kappa shape index (κ1) is 16.1. The number of aromatic nitrogens is 2. The highest BCUT2D eigenvalue weighted by molar-refractivity contribution is 6.33. The van der Waals surface area contributed by atoms with E-state index in [1.54, 1.807) is 24.1 Å². The molecule has 1 unspecified atom stereocenters. The van der Waals surface area contributed by atoms with E-state index in [9.17, 15) is 0 Å². The first-order valence-electron chi connectivity index (χ1n) is 6.82. The number of aryl methyl sites for hydroxylation is 1. The third-order valence-electron chi connectivity index (χ3n) is 3.31. The standard InChI is InChI=1S/C15H19Cl2N3O/c1-4-7-18-14(11-8-10(16)5-6-12(11)17)15-13(21-3)9-19-20(15)2/h5-6,8-9,14,18H,4,7H2,1-3H3. The summed E-state index contributed by atoms with van der Waals surface area (Å²) in [7, 11) is 3.52. The summed E-state index contributed by atoms with van der Waals surface area (Å²) >= 11 is 12.5. The average Bonchev–Trinajstić information content (AvgIpc) is 2.84. The van der Waals surface area contributed by atoms with Gasteiger partial charge in [-0.2, -0.15) is 5.10 Å². The average molecular weight is 328 g/mol. The Morgan fingerprint density at radius 2 is 2.14 bits per heavy atom. The zero-order valence-electron chi connectivity index (χ0n) is 12.4. The molecule has 21 heavy (non-hydrogen) atoms. The Hall–Kier alpha value is -1.23. The minimum Gasteiger partial charge on any atom is -0.493 e. The fourth-order valence-corrected chi connectivity index (χ4v) is 2.70. The first-order chi connectivity index (χ1) is 10.1. The Balaban J connectivity index is 2.52. The van der Waals surface area contributed by atoms with Gasteiger partial charge in [0.15, 0.2) is 5.75 Å². The number of methoxy groups -OCH3 is 1. The van der Waals surface area contributed by atoms with Crippen molar-refractivity contribution in [3.8, 4) is 5.75 Å². The molecule has 1 N–H and O–H groups in total. The maximum atomic E-state index is 6.37. The van der Waals surface area contributed by atoms with E-state index in [-0.39, 0.29) is 6.04 Å². The minimum atomic E-state index is -0.126. The fourth-order valence-electron chi connectivity index (χ4n) is 2.29. The molecule has 0 fully saturated rings. The first-order valence-corrected chi connectivity index (χ1v) is 7.58. The topological polar surface area (TPSA) is 39.1 Å². The van der Waals surface area contributed by atoms with Crippen molar-refractivity contribution in [1.82, 2.24) is 15.1 Å². The molecule has 0 radical (unpaired) electrons. The van der Waals surface area contributed by atoms with Crippen LogP contribution in [0.5, 0.6) is 5.75 Å². The summed E-state index contributed by atoms with van der Waals surface area (Å²) in [6.45, 7) is 2.96. The van der Waals surface area contributed by atoms with Crippen molar-refractivity contribution in [2.45, 2.75) is 19.4 Å². The van der Waals surface area contributed by atoms with Gasteiger partial charge in [0.05, 0.1) is 19.3 Å². The van der Waals surface area contributed by atoms with Gasteiger partial charge < -0.3 is 10.1 Å². The predicted octanol–water partition coefficient (Wildman–Crippen LogP) is 3.82. The number of hydrogen-bond donors (Lipinski definition) is 1. The van der Waals surface area contributed by atoms with E-state index in [1.165, 1.54) is 0 Å². The summed E-state index contributed by atoms with van der Waals surface area (Å²) in [5.41, 5.74) is 1.84. The molecule has 1 aromatic heterocycles. The van der Waals surface area contributed by atoms with E-state index in [4.69, 9.17) is 27.9 Å². The highest BCUT2D eigenvalue weighted by Crippen LogP contribution is 2.34. The summed E-state index contributed by atoms with van der Waals surface area (Å²) < 4.78 is 7.21. The summed E-state index contributed by atoms with van der Waals surface area (Å²) in [6.07, 6.45) is 2.71. The van der Waals surface area contributed by atoms with Gasteiger partial charge in [0.25, 0.3) is 0 Å². The van der Waals surface area contributed by atoms with E-state index in [0.29, 0.717) is 10.0 Å². The van der Waals surface area contributed by atoms with Crippen molar-refractivity contribution >= 4 is 23.2 Å². The van der Waals surface area contributed by atoms with Crippen LogP contribution in [0.3, 0.4) is 0 Å². The molecule has 0 aliphatic carbocycles. The van der Waals surface area contributed by atoms with Crippen LogP contribution in [0, 0.1) is 0 Å². The van der Waals surface area contributed by atoms with Crippen LogP contribution >= 0.6 is 23.2 Å². The highest BCUT2D eigenvalue weighted by Gasteiger charge is 2.24. The van der Waals surface area contributed by atoms with Crippen LogP contribution in [0.15, 0.2) is 24.4 Å². The van der Waals surface area contributed by atoms with E-state index in [0.717, 1.165) is 30.0 Å². The molecule has 1 heterocycles. The quantitative estimate of drug-likeness (QED) is 0.876. The summed E-state index contributed by atoms with van der Waals surface area (Å²) in [5, 5.41) is 9.07. The second kappa shape index (κ2) is 7.16. The number of benzene rings is 1. The van der Waals surface area contributed by atoms with Crippen LogP contribution in [0.25, 0.3) is 0 Å². The summed E-state index contributed by atoms with van der Waals surface area (Å²) in [6, 6.07) is 5.34. The lowest BCUT2D eigenvalue weighted by Crippen LogP contribution is -2.26. The second-order valence-electron chi connectivity index (χ2n) is 4.77. The van der Waals surface area contributed by atoms with Crippen molar-refractivity contribution in [3.05, 3.63) is 45.7 Å². The van der Waals surface area contributed by atoms with Crippen molar-refractivity contribution in [1.29, 1.82) is 0 Å². The molecule has 0 bridgehead atoms. The Morgan fingerprint density at radius 3 is 2.81 bits per heavy atom. The van der Waals surface area contributed by atoms with Gasteiger partial charge >= 0.3 is 0 Å². The number of nitrogens with zero attached hydrogens (tertiary/aromatic N) is 2. The number of rotatable bonds is 6. The lowest BCUT2D eigenvalue weighted by atomic mass is 10.0. The molecule has 0 spiro atoms. The molecule has 2 rings (SSSR count). The molecule has 6 heteroatoms. The van der Waals surface area contributed by atoms with Crippen LogP contribution in [0.1, 0.15) is 30.6 Å². The van der Waals surface area contributed by atoms with Crippen molar-refractivity contribution in [2.75, 3.05) is 13.7 Å². The van der Waals surface area contributed by atoms with E-state index in [1.807, 2.05) is 19.2 Å². The number of ether oxygens (including phenoxy) is 1. The fraction of sp³-hybridized carbons (Fsp3) is 0.400. The molecule has 114 valence electrons. The van der Waals surface area contributed by atoms with Gasteiger partial charge in [0, 0.05) is 17.1 Å². The molecule has 1 aromatic carbocycles.